The van der Waals surface area contributed by atoms with Gasteiger partial charge < -0.3 is 14.8 Å². The van der Waals surface area contributed by atoms with Crippen LogP contribution in [0.4, 0.5) is 5.13 Å². The molecule has 1 aromatic carbocycles. The van der Waals surface area contributed by atoms with Gasteiger partial charge in [-0.15, -0.1) is 11.3 Å². The highest BCUT2D eigenvalue weighted by molar-refractivity contribution is 7.14. The molecule has 0 bridgehead atoms. The van der Waals surface area contributed by atoms with E-state index in [1.807, 2.05) is 23.6 Å². The summed E-state index contributed by atoms with van der Waals surface area (Å²) in [5.41, 5.74) is 1.79. The molecule has 0 unspecified atom stereocenters. The van der Waals surface area contributed by atoms with Crippen LogP contribution in [0.25, 0.3) is 11.3 Å². The summed E-state index contributed by atoms with van der Waals surface area (Å²) in [5, 5.41) is 5.49. The molecule has 108 valence electrons. The van der Waals surface area contributed by atoms with Gasteiger partial charge in [0.2, 0.25) is 12.7 Å². The molecule has 0 radical (unpaired) electrons. The molecule has 1 aromatic heterocycles. The van der Waals surface area contributed by atoms with Crippen LogP contribution in [0.3, 0.4) is 0 Å². The standard InChI is InChI=1S/C15H14N2O3S/c18-14(9-2-1-3-9)17-15-16-11(7-21-15)10-4-5-12-13(6-10)20-8-19-12/h4-7,9H,1-3,8H2,(H,16,17,18). The molecule has 0 atom stereocenters. The molecule has 1 saturated carbocycles. The van der Waals surface area contributed by atoms with E-state index in [0.29, 0.717) is 5.13 Å². The van der Waals surface area contributed by atoms with Gasteiger partial charge in [0.05, 0.1) is 5.69 Å². The van der Waals surface area contributed by atoms with Gasteiger partial charge in [-0.05, 0) is 31.0 Å². The van der Waals surface area contributed by atoms with Crippen molar-refractivity contribution in [3.8, 4) is 22.8 Å². The molecule has 2 heterocycles. The van der Waals surface area contributed by atoms with Gasteiger partial charge in [-0.3, -0.25) is 4.79 Å². The highest BCUT2D eigenvalue weighted by Crippen LogP contribution is 2.36. The minimum atomic E-state index is 0.0906. The first-order chi connectivity index (χ1) is 10.3. The molecular weight excluding hydrogens is 288 g/mol. The van der Waals surface area contributed by atoms with Crippen molar-refractivity contribution in [1.82, 2.24) is 4.98 Å². The fourth-order valence-electron chi connectivity index (χ4n) is 2.40. The summed E-state index contributed by atoms with van der Waals surface area (Å²) in [6, 6.07) is 5.73. The summed E-state index contributed by atoms with van der Waals surface area (Å²) < 4.78 is 10.7. The van der Waals surface area contributed by atoms with E-state index >= 15 is 0 Å². The van der Waals surface area contributed by atoms with Crippen LogP contribution in [0.15, 0.2) is 23.6 Å². The Morgan fingerprint density at radius 2 is 2.14 bits per heavy atom. The zero-order chi connectivity index (χ0) is 14.2. The minimum Gasteiger partial charge on any atom is -0.454 e. The van der Waals surface area contributed by atoms with Gasteiger partial charge in [-0.25, -0.2) is 4.98 Å². The SMILES string of the molecule is O=C(Nc1nc(-c2ccc3c(c2)OCO3)cs1)C1CCC1. The van der Waals surface area contributed by atoms with Gasteiger partial charge in [0.1, 0.15) is 0 Å². The number of amides is 1. The number of benzene rings is 1. The number of hydrogen-bond donors (Lipinski definition) is 1. The Morgan fingerprint density at radius 1 is 1.29 bits per heavy atom. The summed E-state index contributed by atoms with van der Waals surface area (Å²) in [4.78, 5) is 16.4. The van der Waals surface area contributed by atoms with Crippen LogP contribution < -0.4 is 14.8 Å². The van der Waals surface area contributed by atoms with Crippen molar-refractivity contribution < 1.29 is 14.3 Å². The third-order valence-corrected chi connectivity index (χ3v) is 4.64. The van der Waals surface area contributed by atoms with Crippen LogP contribution in [0, 0.1) is 5.92 Å². The molecule has 1 fully saturated rings. The molecule has 1 aliphatic heterocycles. The number of nitrogens with zero attached hydrogens (tertiary/aromatic N) is 1. The van der Waals surface area contributed by atoms with Gasteiger partial charge in [0.15, 0.2) is 16.6 Å². The lowest BCUT2D eigenvalue weighted by Crippen LogP contribution is -2.27. The molecule has 4 rings (SSSR count). The Kier molecular flexibility index (Phi) is 3.03. The summed E-state index contributed by atoms with van der Waals surface area (Å²) in [7, 11) is 0. The van der Waals surface area contributed by atoms with E-state index in [-0.39, 0.29) is 18.6 Å². The largest absolute Gasteiger partial charge is 0.454 e. The first-order valence-corrected chi connectivity index (χ1v) is 7.84. The average Bonchev–Trinajstić information content (AvgIpc) is 3.03. The number of carbonyl (C=O) groups is 1. The van der Waals surface area contributed by atoms with Gasteiger partial charge in [0, 0.05) is 16.9 Å². The number of aromatic nitrogens is 1. The Balaban J connectivity index is 1.52. The van der Waals surface area contributed by atoms with Crippen molar-refractivity contribution >= 4 is 22.4 Å². The average molecular weight is 302 g/mol. The van der Waals surface area contributed by atoms with E-state index in [0.717, 1.165) is 42.0 Å². The lowest BCUT2D eigenvalue weighted by atomic mass is 9.85. The molecule has 0 spiro atoms. The number of thiazole rings is 1. The predicted octanol–water partition coefficient (Wildman–Crippen LogP) is 3.28. The number of ether oxygens (including phenoxy) is 2. The van der Waals surface area contributed by atoms with Crippen LogP contribution in [0.1, 0.15) is 19.3 Å². The number of hydrogen-bond acceptors (Lipinski definition) is 5. The number of anilines is 1. The first-order valence-electron chi connectivity index (χ1n) is 6.96. The molecule has 2 aliphatic rings. The van der Waals surface area contributed by atoms with Crippen molar-refractivity contribution in [3.05, 3.63) is 23.6 Å². The Morgan fingerprint density at radius 3 is 2.95 bits per heavy atom. The van der Waals surface area contributed by atoms with Gasteiger partial charge in [-0.1, -0.05) is 6.42 Å². The van der Waals surface area contributed by atoms with Gasteiger partial charge in [-0.2, -0.15) is 0 Å². The van der Waals surface area contributed by atoms with E-state index in [1.165, 1.54) is 11.3 Å². The smallest absolute Gasteiger partial charge is 0.231 e. The lowest BCUT2D eigenvalue weighted by molar-refractivity contribution is -0.122. The molecule has 2 aromatic rings. The van der Waals surface area contributed by atoms with E-state index in [9.17, 15) is 4.79 Å². The van der Waals surface area contributed by atoms with Crippen molar-refractivity contribution in [2.45, 2.75) is 19.3 Å². The third kappa shape index (κ3) is 2.35. The second-order valence-corrected chi connectivity index (χ2v) is 6.08. The number of rotatable bonds is 3. The molecule has 1 aliphatic carbocycles. The molecule has 0 saturated heterocycles. The van der Waals surface area contributed by atoms with Crippen molar-refractivity contribution in [3.63, 3.8) is 0 Å². The van der Waals surface area contributed by atoms with Crippen LogP contribution in [-0.4, -0.2) is 17.7 Å². The van der Waals surface area contributed by atoms with Crippen LogP contribution in [0.2, 0.25) is 0 Å². The summed E-state index contributed by atoms with van der Waals surface area (Å²) >= 11 is 1.44. The van der Waals surface area contributed by atoms with Crippen molar-refractivity contribution in [2.24, 2.45) is 5.92 Å². The maximum atomic E-state index is 11.9. The molecular formula is C15H14N2O3S. The zero-order valence-electron chi connectivity index (χ0n) is 11.3. The normalized spacial score (nSPS) is 16.6. The van der Waals surface area contributed by atoms with Crippen LogP contribution in [-0.2, 0) is 4.79 Å². The summed E-state index contributed by atoms with van der Waals surface area (Å²) in [5.74, 6) is 1.75. The molecule has 5 nitrogen and oxygen atoms in total. The zero-order valence-corrected chi connectivity index (χ0v) is 12.1. The topological polar surface area (TPSA) is 60.5 Å². The van der Waals surface area contributed by atoms with E-state index in [4.69, 9.17) is 9.47 Å². The van der Waals surface area contributed by atoms with Crippen molar-refractivity contribution in [1.29, 1.82) is 0 Å². The van der Waals surface area contributed by atoms with E-state index in [2.05, 4.69) is 10.3 Å². The molecule has 1 N–H and O–H groups in total. The van der Waals surface area contributed by atoms with Gasteiger partial charge in [0.25, 0.3) is 0 Å². The Hall–Kier alpha value is -2.08. The fourth-order valence-corrected chi connectivity index (χ4v) is 3.12. The lowest BCUT2D eigenvalue weighted by Gasteiger charge is -2.23. The molecule has 6 heteroatoms. The highest BCUT2D eigenvalue weighted by Gasteiger charge is 2.25. The maximum Gasteiger partial charge on any atom is 0.231 e. The van der Waals surface area contributed by atoms with Gasteiger partial charge >= 0.3 is 0 Å². The third-order valence-electron chi connectivity index (χ3n) is 3.88. The fraction of sp³-hybridized carbons (Fsp3) is 0.333. The minimum absolute atomic E-state index is 0.0906. The van der Waals surface area contributed by atoms with Crippen LogP contribution in [0.5, 0.6) is 11.5 Å². The second kappa shape index (κ2) is 5.04. The second-order valence-electron chi connectivity index (χ2n) is 5.22. The molecule has 1 amide bonds. The van der Waals surface area contributed by atoms with E-state index in [1.54, 1.807) is 0 Å². The summed E-state index contributed by atoms with van der Waals surface area (Å²) in [6.45, 7) is 0.262. The molecule has 21 heavy (non-hydrogen) atoms. The van der Waals surface area contributed by atoms with Crippen molar-refractivity contribution in [2.75, 3.05) is 12.1 Å². The monoisotopic (exact) mass is 302 g/mol. The number of fused-ring (bicyclic) bond motifs is 1. The Labute approximate surface area is 125 Å². The first kappa shape index (κ1) is 12.6. The number of carbonyl (C=O) groups excluding carboxylic acids is 1. The predicted molar refractivity (Wildman–Crippen MR) is 79.6 cm³/mol. The maximum absolute atomic E-state index is 11.9. The summed E-state index contributed by atoms with van der Waals surface area (Å²) in [6.07, 6.45) is 3.14. The number of nitrogens with one attached hydrogen (secondary N) is 1. The quantitative estimate of drug-likeness (QED) is 0.945. The van der Waals surface area contributed by atoms with Crippen LogP contribution >= 0.6 is 11.3 Å². The highest BCUT2D eigenvalue weighted by atomic mass is 32.1. The van der Waals surface area contributed by atoms with E-state index < -0.39 is 0 Å². The Bertz CT molecular complexity index is 694.